The van der Waals surface area contributed by atoms with E-state index in [0.717, 1.165) is 31.7 Å². The van der Waals surface area contributed by atoms with E-state index in [2.05, 4.69) is 20.6 Å². The Kier molecular flexibility index (Phi) is 9.12. The first-order valence-electron chi connectivity index (χ1n) is 15.4. The fourth-order valence-corrected chi connectivity index (χ4v) is 6.13. The van der Waals surface area contributed by atoms with E-state index >= 15 is 0 Å². The Morgan fingerprint density at radius 3 is 2.62 bits per heavy atom. The third kappa shape index (κ3) is 6.58. The molecule has 13 heteroatoms. The molecule has 3 aromatic heterocycles. The van der Waals surface area contributed by atoms with E-state index in [1.165, 1.54) is 70.2 Å². The molecule has 48 heavy (non-hydrogen) atoms. The maximum Gasteiger partial charge on any atom is 0.417 e. The molecule has 10 nitrogen and oxygen atoms in total. The van der Waals surface area contributed by atoms with Crippen LogP contribution in [0.25, 0.3) is 27.8 Å². The Balaban J connectivity index is 1.20. The highest BCUT2D eigenvalue weighted by atomic mass is 19.4. The molecule has 0 aliphatic heterocycles. The molecule has 0 radical (unpaired) electrons. The highest BCUT2D eigenvalue weighted by Crippen LogP contribution is 2.40. The van der Waals surface area contributed by atoms with Crippen LogP contribution in [0.3, 0.4) is 0 Å². The van der Waals surface area contributed by atoms with Gasteiger partial charge in [0.15, 0.2) is 0 Å². The number of methoxy groups -OCH3 is 1. The average Bonchev–Trinajstić information content (AvgIpc) is 3.69. The summed E-state index contributed by atoms with van der Waals surface area (Å²) in [5, 5.41) is 15.9. The van der Waals surface area contributed by atoms with Crippen LogP contribution in [0.1, 0.15) is 52.9 Å². The number of rotatable bonds is 9. The molecule has 0 bridgehead atoms. The third-order valence-electron chi connectivity index (χ3n) is 8.69. The monoisotopic (exact) mass is 655 g/mol. The topological polar surface area (TPSA) is 126 Å². The quantitative estimate of drug-likeness (QED) is 0.146. The second kappa shape index (κ2) is 13.4. The van der Waals surface area contributed by atoms with Crippen molar-refractivity contribution in [1.29, 1.82) is 5.26 Å². The fraction of sp³-hybridized carbons (Fsp3) is 0.286. The van der Waals surface area contributed by atoms with Crippen LogP contribution in [0, 0.1) is 11.3 Å². The lowest BCUT2D eigenvalue weighted by Crippen LogP contribution is -2.35. The first-order chi connectivity index (χ1) is 23.1. The average molecular weight is 656 g/mol. The smallest absolute Gasteiger partial charge is 0.381 e. The molecule has 246 valence electrons. The zero-order valence-electron chi connectivity index (χ0n) is 26.2. The summed E-state index contributed by atoms with van der Waals surface area (Å²) in [7, 11) is 3.35. The highest BCUT2D eigenvalue weighted by Gasteiger charge is 2.35. The fourth-order valence-electron chi connectivity index (χ4n) is 6.13. The van der Waals surface area contributed by atoms with Gasteiger partial charge in [-0.2, -0.15) is 18.4 Å². The number of hydrogen-bond donors (Lipinski definition) is 2. The van der Waals surface area contributed by atoms with Gasteiger partial charge in [-0.25, -0.2) is 9.97 Å². The Bertz CT molecular complexity index is 2080. The van der Waals surface area contributed by atoms with Gasteiger partial charge in [0.1, 0.15) is 17.4 Å². The largest absolute Gasteiger partial charge is 0.417 e. The molecular weight excluding hydrogens is 623 g/mol. The molecule has 1 fully saturated rings. The molecular formula is C35H32F3N7O3. The Hall–Kier alpha value is -5.32. The van der Waals surface area contributed by atoms with Crippen molar-refractivity contribution in [1.82, 2.24) is 24.3 Å². The summed E-state index contributed by atoms with van der Waals surface area (Å²) in [5.41, 5.74) is 0.608. The number of carbonyl (C=O) groups excluding carboxylic acids is 2. The van der Waals surface area contributed by atoms with E-state index in [1.807, 2.05) is 6.07 Å². The molecule has 0 spiro atoms. The number of aryl methyl sites for hydroxylation is 1. The first kappa shape index (κ1) is 32.6. The Morgan fingerprint density at radius 2 is 1.90 bits per heavy atom. The van der Waals surface area contributed by atoms with Gasteiger partial charge in [0.05, 0.1) is 46.5 Å². The standard InChI is InChI=1S/C35H32F3N7O3/c1-44-20-42-29-16-26(27(17-30(29)44)35(36,37)38)25-5-4-14-45-31(19-41-34(25)45)33(47)21-7-12-28(22(15-21)18-39)43-32(46)6-3-13-40-23-8-10-24(48-2)11-9-23/h3-7,12,14-17,19-20,23-24,40H,8-11,13H2,1-2H3,(H,43,46)/b6-3+. The molecule has 0 atom stereocenters. The predicted molar refractivity (Wildman–Crippen MR) is 173 cm³/mol. The second-order valence-corrected chi connectivity index (χ2v) is 11.7. The lowest BCUT2D eigenvalue weighted by Gasteiger charge is -2.27. The van der Waals surface area contributed by atoms with Crippen LogP contribution in [0.15, 0.2) is 73.3 Å². The molecule has 0 saturated heterocycles. The van der Waals surface area contributed by atoms with E-state index in [1.54, 1.807) is 20.2 Å². The van der Waals surface area contributed by atoms with E-state index in [0.29, 0.717) is 29.7 Å². The van der Waals surface area contributed by atoms with Crippen molar-refractivity contribution in [3.8, 4) is 17.2 Å². The summed E-state index contributed by atoms with van der Waals surface area (Å²) in [4.78, 5) is 34.8. The van der Waals surface area contributed by atoms with Crippen molar-refractivity contribution in [2.24, 2.45) is 7.05 Å². The molecule has 0 unspecified atom stereocenters. The number of imidazole rings is 2. The van der Waals surface area contributed by atoms with Gasteiger partial charge in [-0.05, 0) is 73.7 Å². The lowest BCUT2D eigenvalue weighted by molar-refractivity contribution is -0.137. The summed E-state index contributed by atoms with van der Waals surface area (Å²) in [6.45, 7) is 0.518. The van der Waals surface area contributed by atoms with Crippen LogP contribution in [0.4, 0.5) is 18.9 Å². The van der Waals surface area contributed by atoms with Crippen molar-refractivity contribution < 1.29 is 27.5 Å². The molecule has 2 aromatic carbocycles. The lowest BCUT2D eigenvalue weighted by atomic mass is 9.93. The van der Waals surface area contributed by atoms with E-state index in [-0.39, 0.29) is 39.3 Å². The van der Waals surface area contributed by atoms with Crippen LogP contribution in [-0.2, 0) is 22.8 Å². The summed E-state index contributed by atoms with van der Waals surface area (Å²) in [5.74, 6) is -0.928. The van der Waals surface area contributed by atoms with Crippen LogP contribution < -0.4 is 10.6 Å². The summed E-state index contributed by atoms with van der Waals surface area (Å²) < 4.78 is 51.0. The Labute approximate surface area is 273 Å². The SMILES string of the molecule is COC1CCC(NC/C=C/C(=O)Nc2ccc(C(=O)c3cnc4c(-c5cc6ncn(C)c6cc5C(F)(F)F)cccn34)cc2C#N)CC1. The third-order valence-corrected chi connectivity index (χ3v) is 8.69. The molecule has 1 aliphatic rings. The van der Waals surface area contributed by atoms with Gasteiger partial charge in [0, 0.05) is 50.1 Å². The number of carbonyl (C=O) groups is 2. The van der Waals surface area contributed by atoms with Crippen molar-refractivity contribution in [2.75, 3.05) is 19.0 Å². The molecule has 5 aromatic rings. The van der Waals surface area contributed by atoms with Gasteiger partial charge >= 0.3 is 6.18 Å². The minimum Gasteiger partial charge on any atom is -0.381 e. The van der Waals surface area contributed by atoms with Crippen LogP contribution >= 0.6 is 0 Å². The normalized spacial score (nSPS) is 16.8. The van der Waals surface area contributed by atoms with Crippen molar-refractivity contribution in [2.45, 2.75) is 44.0 Å². The van der Waals surface area contributed by atoms with Gasteiger partial charge in [0.25, 0.3) is 0 Å². The first-order valence-corrected chi connectivity index (χ1v) is 15.4. The molecule has 1 aliphatic carbocycles. The summed E-state index contributed by atoms with van der Waals surface area (Å²) >= 11 is 0. The number of benzene rings is 2. The highest BCUT2D eigenvalue weighted by molar-refractivity contribution is 6.09. The van der Waals surface area contributed by atoms with Gasteiger partial charge < -0.3 is 19.9 Å². The van der Waals surface area contributed by atoms with Crippen molar-refractivity contribution in [3.05, 3.63) is 95.7 Å². The van der Waals surface area contributed by atoms with Gasteiger partial charge in [-0.15, -0.1) is 0 Å². The number of nitriles is 1. The van der Waals surface area contributed by atoms with Crippen molar-refractivity contribution in [3.63, 3.8) is 0 Å². The molecule has 6 rings (SSSR count). The van der Waals surface area contributed by atoms with Gasteiger partial charge in [0.2, 0.25) is 11.7 Å². The maximum absolute atomic E-state index is 14.2. The number of nitrogens with zero attached hydrogens (tertiary/aromatic N) is 5. The van der Waals surface area contributed by atoms with Crippen molar-refractivity contribution >= 4 is 34.1 Å². The summed E-state index contributed by atoms with van der Waals surface area (Å²) in [6, 6.07) is 12.2. The molecule has 3 heterocycles. The van der Waals surface area contributed by atoms with E-state index in [9.17, 15) is 28.0 Å². The number of amides is 1. The van der Waals surface area contributed by atoms with Crippen LogP contribution in [-0.4, -0.2) is 56.4 Å². The number of nitrogens with one attached hydrogen (secondary N) is 2. The van der Waals surface area contributed by atoms with Crippen LogP contribution in [0.2, 0.25) is 0 Å². The number of aromatic nitrogens is 4. The molecule has 1 saturated carbocycles. The number of anilines is 1. The number of ketones is 1. The minimum absolute atomic E-state index is 0.0728. The summed E-state index contributed by atoms with van der Waals surface area (Å²) in [6.07, 6.45) is 7.03. The number of alkyl halides is 3. The zero-order valence-corrected chi connectivity index (χ0v) is 26.2. The molecule has 1 amide bonds. The molecule has 2 N–H and O–H groups in total. The number of ether oxygens (including phenoxy) is 1. The number of pyridine rings is 1. The van der Waals surface area contributed by atoms with E-state index < -0.39 is 23.4 Å². The zero-order chi connectivity index (χ0) is 34.0. The number of halogens is 3. The van der Waals surface area contributed by atoms with Gasteiger partial charge in [-0.3, -0.25) is 14.0 Å². The Morgan fingerprint density at radius 1 is 1.10 bits per heavy atom. The number of fused-ring (bicyclic) bond motifs is 2. The predicted octanol–water partition coefficient (Wildman–Crippen LogP) is 6.05. The minimum atomic E-state index is -4.66. The van der Waals surface area contributed by atoms with Gasteiger partial charge in [-0.1, -0.05) is 6.08 Å². The maximum atomic E-state index is 14.2. The van der Waals surface area contributed by atoms with Crippen LogP contribution in [0.5, 0.6) is 0 Å². The van der Waals surface area contributed by atoms with E-state index in [4.69, 9.17) is 4.74 Å². The second-order valence-electron chi connectivity index (χ2n) is 11.7. The number of hydrogen-bond acceptors (Lipinski definition) is 7.